The molecule has 1 rings (SSSR count). The van der Waals surface area contributed by atoms with E-state index in [9.17, 15) is 4.39 Å². The molecule has 3 nitrogen and oxygen atoms in total. The first kappa shape index (κ1) is 14.9. The highest BCUT2D eigenvalue weighted by Gasteiger charge is 2.07. The SMILES string of the molecule is CC(N)c1ccc(OCCCCCCO)cc1F. The van der Waals surface area contributed by atoms with E-state index in [1.807, 2.05) is 0 Å². The van der Waals surface area contributed by atoms with Gasteiger partial charge >= 0.3 is 0 Å². The second kappa shape index (κ2) is 8.06. The lowest BCUT2D eigenvalue weighted by Gasteiger charge is -2.10. The molecule has 0 aliphatic heterocycles. The van der Waals surface area contributed by atoms with Crippen LogP contribution in [0.2, 0.25) is 0 Å². The molecular formula is C14H22FNO2. The summed E-state index contributed by atoms with van der Waals surface area (Å²) >= 11 is 0. The van der Waals surface area contributed by atoms with Gasteiger partial charge in [-0.2, -0.15) is 0 Å². The molecule has 0 amide bonds. The third-order valence-electron chi connectivity index (χ3n) is 2.78. The predicted octanol–water partition coefficient (Wildman–Crippen LogP) is 2.78. The fraction of sp³-hybridized carbons (Fsp3) is 0.571. The van der Waals surface area contributed by atoms with Gasteiger partial charge < -0.3 is 15.6 Å². The van der Waals surface area contributed by atoms with Crippen molar-refractivity contribution in [2.45, 2.75) is 38.6 Å². The Balaban J connectivity index is 2.33. The van der Waals surface area contributed by atoms with Gasteiger partial charge in [-0.3, -0.25) is 0 Å². The van der Waals surface area contributed by atoms with E-state index in [0.29, 0.717) is 17.9 Å². The molecule has 102 valence electrons. The highest BCUT2D eigenvalue weighted by molar-refractivity contribution is 5.30. The lowest BCUT2D eigenvalue weighted by molar-refractivity contribution is 0.273. The number of halogens is 1. The summed E-state index contributed by atoms with van der Waals surface area (Å²) in [5, 5.41) is 8.62. The number of ether oxygens (including phenoxy) is 1. The summed E-state index contributed by atoms with van der Waals surface area (Å²) in [7, 11) is 0. The second-order valence-electron chi connectivity index (χ2n) is 4.46. The Kier molecular flexibility index (Phi) is 6.68. The molecular weight excluding hydrogens is 233 g/mol. The first-order chi connectivity index (χ1) is 8.65. The summed E-state index contributed by atoms with van der Waals surface area (Å²) in [4.78, 5) is 0. The standard InChI is InChI=1S/C14H22FNO2/c1-11(16)13-7-6-12(10-14(13)15)18-9-5-3-2-4-8-17/h6-7,10-11,17H,2-5,8-9,16H2,1H3. The fourth-order valence-corrected chi connectivity index (χ4v) is 1.72. The zero-order chi connectivity index (χ0) is 13.4. The highest BCUT2D eigenvalue weighted by Crippen LogP contribution is 2.20. The van der Waals surface area contributed by atoms with Crippen LogP contribution in [0.15, 0.2) is 18.2 Å². The third-order valence-corrected chi connectivity index (χ3v) is 2.78. The number of aliphatic hydroxyl groups is 1. The average molecular weight is 255 g/mol. The number of rotatable bonds is 8. The minimum Gasteiger partial charge on any atom is -0.493 e. The number of hydrogen-bond donors (Lipinski definition) is 2. The van der Waals surface area contributed by atoms with Crippen molar-refractivity contribution in [1.82, 2.24) is 0 Å². The summed E-state index contributed by atoms with van der Waals surface area (Å²) < 4.78 is 19.0. The average Bonchev–Trinajstić information content (AvgIpc) is 2.33. The molecule has 18 heavy (non-hydrogen) atoms. The number of aliphatic hydroxyl groups excluding tert-OH is 1. The second-order valence-corrected chi connectivity index (χ2v) is 4.46. The maximum Gasteiger partial charge on any atom is 0.131 e. The molecule has 0 aromatic heterocycles. The third kappa shape index (κ3) is 5.02. The van der Waals surface area contributed by atoms with Gasteiger partial charge in [-0.1, -0.05) is 12.5 Å². The molecule has 4 heteroatoms. The summed E-state index contributed by atoms with van der Waals surface area (Å²) in [6, 6.07) is 4.49. The Morgan fingerprint density at radius 3 is 2.61 bits per heavy atom. The quantitative estimate of drug-likeness (QED) is 0.702. The Labute approximate surface area is 108 Å². The first-order valence-electron chi connectivity index (χ1n) is 6.44. The molecule has 1 aromatic carbocycles. The van der Waals surface area contributed by atoms with Crippen molar-refractivity contribution in [2.75, 3.05) is 13.2 Å². The van der Waals surface area contributed by atoms with Gasteiger partial charge in [0, 0.05) is 24.3 Å². The van der Waals surface area contributed by atoms with E-state index >= 15 is 0 Å². The van der Waals surface area contributed by atoms with Crippen LogP contribution in [0, 0.1) is 5.82 Å². The summed E-state index contributed by atoms with van der Waals surface area (Å²) in [5.41, 5.74) is 6.14. The number of unbranched alkanes of at least 4 members (excludes halogenated alkanes) is 3. The van der Waals surface area contributed by atoms with Crippen molar-refractivity contribution in [3.63, 3.8) is 0 Å². The van der Waals surface area contributed by atoms with Gasteiger partial charge in [0.25, 0.3) is 0 Å². The molecule has 0 aliphatic carbocycles. The predicted molar refractivity (Wildman–Crippen MR) is 70.1 cm³/mol. The highest BCUT2D eigenvalue weighted by atomic mass is 19.1. The molecule has 0 fully saturated rings. The van der Waals surface area contributed by atoms with Crippen LogP contribution in [0.5, 0.6) is 5.75 Å². The zero-order valence-electron chi connectivity index (χ0n) is 10.9. The van der Waals surface area contributed by atoms with Crippen LogP contribution >= 0.6 is 0 Å². The molecule has 1 aromatic rings. The summed E-state index contributed by atoms with van der Waals surface area (Å²) in [6.07, 6.45) is 3.76. The molecule has 0 bridgehead atoms. The molecule has 0 saturated heterocycles. The fourth-order valence-electron chi connectivity index (χ4n) is 1.72. The van der Waals surface area contributed by atoms with Gasteiger partial charge in [0.15, 0.2) is 0 Å². The smallest absolute Gasteiger partial charge is 0.131 e. The number of nitrogens with two attached hydrogens (primary N) is 1. The van der Waals surface area contributed by atoms with Crippen LogP contribution in [0.3, 0.4) is 0 Å². The van der Waals surface area contributed by atoms with Gasteiger partial charge in [-0.25, -0.2) is 4.39 Å². The van der Waals surface area contributed by atoms with Crippen molar-refractivity contribution in [2.24, 2.45) is 5.73 Å². The Morgan fingerprint density at radius 1 is 1.28 bits per heavy atom. The first-order valence-corrected chi connectivity index (χ1v) is 6.44. The lowest BCUT2D eigenvalue weighted by Crippen LogP contribution is -2.07. The van der Waals surface area contributed by atoms with Crippen LogP contribution < -0.4 is 10.5 Å². The molecule has 3 N–H and O–H groups in total. The van der Waals surface area contributed by atoms with E-state index in [2.05, 4.69) is 0 Å². The van der Waals surface area contributed by atoms with Crippen molar-refractivity contribution >= 4 is 0 Å². The van der Waals surface area contributed by atoms with E-state index in [1.54, 1.807) is 19.1 Å². The minimum atomic E-state index is -0.317. The van der Waals surface area contributed by atoms with Crippen LogP contribution in [0.25, 0.3) is 0 Å². The maximum absolute atomic E-state index is 13.6. The molecule has 0 heterocycles. The van der Waals surface area contributed by atoms with Crippen molar-refractivity contribution in [3.05, 3.63) is 29.6 Å². The van der Waals surface area contributed by atoms with Crippen LogP contribution in [-0.4, -0.2) is 18.3 Å². The van der Waals surface area contributed by atoms with Gasteiger partial charge in [0.2, 0.25) is 0 Å². The Bertz CT molecular complexity index is 356. The number of benzene rings is 1. The van der Waals surface area contributed by atoms with Crippen molar-refractivity contribution in [3.8, 4) is 5.75 Å². The minimum absolute atomic E-state index is 0.241. The van der Waals surface area contributed by atoms with E-state index in [1.165, 1.54) is 6.07 Å². The van der Waals surface area contributed by atoms with Gasteiger partial charge in [-0.05, 0) is 32.3 Å². The molecule has 0 radical (unpaired) electrons. The normalized spacial score (nSPS) is 12.4. The maximum atomic E-state index is 13.6. The largest absolute Gasteiger partial charge is 0.493 e. The molecule has 1 unspecified atom stereocenters. The van der Waals surface area contributed by atoms with Crippen LogP contribution in [0.4, 0.5) is 4.39 Å². The van der Waals surface area contributed by atoms with Gasteiger partial charge in [0.1, 0.15) is 11.6 Å². The Morgan fingerprint density at radius 2 is 2.00 bits per heavy atom. The summed E-state index contributed by atoms with van der Waals surface area (Å²) in [6.45, 7) is 2.56. The topological polar surface area (TPSA) is 55.5 Å². The van der Waals surface area contributed by atoms with E-state index in [0.717, 1.165) is 25.7 Å². The monoisotopic (exact) mass is 255 g/mol. The zero-order valence-corrected chi connectivity index (χ0v) is 10.9. The van der Waals surface area contributed by atoms with E-state index < -0.39 is 0 Å². The number of hydrogen-bond acceptors (Lipinski definition) is 3. The Hall–Kier alpha value is -1.13. The lowest BCUT2D eigenvalue weighted by atomic mass is 10.1. The van der Waals surface area contributed by atoms with Gasteiger partial charge in [0.05, 0.1) is 6.61 Å². The van der Waals surface area contributed by atoms with Gasteiger partial charge in [-0.15, -0.1) is 0 Å². The van der Waals surface area contributed by atoms with Crippen molar-refractivity contribution in [1.29, 1.82) is 0 Å². The molecule has 0 spiro atoms. The van der Waals surface area contributed by atoms with Crippen molar-refractivity contribution < 1.29 is 14.2 Å². The van der Waals surface area contributed by atoms with Crippen LogP contribution in [0.1, 0.15) is 44.2 Å². The molecule has 0 saturated carbocycles. The van der Waals surface area contributed by atoms with E-state index in [-0.39, 0.29) is 18.5 Å². The summed E-state index contributed by atoms with van der Waals surface area (Å²) in [5.74, 6) is 0.224. The molecule has 0 aliphatic rings. The molecule has 1 atom stereocenters. The van der Waals surface area contributed by atoms with E-state index in [4.69, 9.17) is 15.6 Å². The van der Waals surface area contributed by atoms with Crippen LogP contribution in [-0.2, 0) is 0 Å².